The lowest BCUT2D eigenvalue weighted by Gasteiger charge is -2.51. The van der Waals surface area contributed by atoms with Gasteiger partial charge < -0.3 is 9.84 Å². The molecule has 1 saturated carbocycles. The number of phenols is 1. The van der Waals surface area contributed by atoms with E-state index in [4.69, 9.17) is 16.3 Å². The maximum absolute atomic E-state index is 15.2. The van der Waals surface area contributed by atoms with Gasteiger partial charge in [0.2, 0.25) is 11.8 Å². The molecule has 47 heavy (non-hydrogen) atoms. The van der Waals surface area contributed by atoms with Gasteiger partial charge in [0, 0.05) is 22.5 Å². The zero-order valence-electron chi connectivity index (χ0n) is 25.0. The van der Waals surface area contributed by atoms with E-state index in [0.29, 0.717) is 26.3 Å². The van der Waals surface area contributed by atoms with Gasteiger partial charge >= 0.3 is 0 Å². The van der Waals surface area contributed by atoms with E-state index in [1.165, 1.54) is 38.4 Å². The van der Waals surface area contributed by atoms with Crippen molar-refractivity contribution in [2.45, 2.75) is 24.2 Å². The maximum Gasteiger partial charge on any atom is 0.260 e. The topological polar surface area (TPSA) is 116 Å². The largest absolute Gasteiger partial charge is 0.503 e. The van der Waals surface area contributed by atoms with Crippen LogP contribution in [-0.2, 0) is 24.6 Å². The molecule has 9 nitrogen and oxygen atoms in total. The zero-order valence-corrected chi connectivity index (χ0v) is 28.9. The number of likely N-dealkylation sites (tertiary alicyclic amines) is 1. The van der Waals surface area contributed by atoms with Crippen LogP contribution in [0.3, 0.4) is 0 Å². The molecule has 2 N–H and O–H groups in total. The predicted octanol–water partition coefficient (Wildman–Crippen LogP) is 6.33. The monoisotopic (exact) mass is 785 g/mol. The summed E-state index contributed by atoms with van der Waals surface area (Å²) in [5.74, 6) is -5.97. The van der Waals surface area contributed by atoms with Gasteiger partial charge in [-0.3, -0.25) is 29.5 Å². The lowest BCUT2D eigenvalue weighted by molar-refractivity contribution is -0.140. The lowest BCUT2D eigenvalue weighted by Crippen LogP contribution is -2.53. The Labute approximate surface area is 290 Å². The third kappa shape index (κ3) is 4.51. The molecule has 2 aliphatic carbocycles. The quantitative estimate of drug-likeness (QED) is 0.230. The number of anilines is 1. The Morgan fingerprint density at radius 2 is 1.66 bits per heavy atom. The molecule has 6 atom stereocenters. The van der Waals surface area contributed by atoms with Gasteiger partial charge in [-0.2, -0.15) is 5.01 Å². The molecule has 242 valence electrons. The number of imide groups is 2. The molecule has 4 amide bonds. The van der Waals surface area contributed by atoms with Crippen LogP contribution in [0.25, 0.3) is 0 Å². The number of methoxy groups -OCH3 is 1. The van der Waals surface area contributed by atoms with E-state index in [2.05, 4.69) is 37.3 Å². The van der Waals surface area contributed by atoms with Crippen molar-refractivity contribution in [2.75, 3.05) is 19.6 Å². The van der Waals surface area contributed by atoms with Crippen molar-refractivity contribution in [3.8, 4) is 11.5 Å². The number of halogens is 4. The molecule has 0 bridgehead atoms. The number of carbonyl (C=O) groups excluding carboxylic acids is 4. The molecule has 2 aliphatic heterocycles. The summed E-state index contributed by atoms with van der Waals surface area (Å²) in [4.78, 5) is 57.8. The van der Waals surface area contributed by atoms with Crippen LogP contribution in [0.4, 0.5) is 10.1 Å². The maximum atomic E-state index is 15.2. The van der Waals surface area contributed by atoms with Crippen LogP contribution >= 0.6 is 43.5 Å². The van der Waals surface area contributed by atoms with E-state index in [1.54, 1.807) is 30.3 Å². The smallest absolute Gasteiger partial charge is 0.260 e. The fourth-order valence-electron chi connectivity index (χ4n) is 8.13. The first-order valence-electron chi connectivity index (χ1n) is 14.8. The molecule has 4 aliphatic rings. The Kier molecular flexibility index (Phi) is 7.76. The van der Waals surface area contributed by atoms with Gasteiger partial charge in [0.25, 0.3) is 11.8 Å². The molecule has 0 unspecified atom stereocenters. The van der Waals surface area contributed by atoms with Crippen molar-refractivity contribution in [3.63, 3.8) is 0 Å². The van der Waals surface area contributed by atoms with Crippen molar-refractivity contribution in [2.24, 2.45) is 23.7 Å². The van der Waals surface area contributed by atoms with Gasteiger partial charge in [-0.05, 0) is 104 Å². The van der Waals surface area contributed by atoms with Crippen LogP contribution in [0, 0.1) is 29.5 Å². The number of hydrazine groups is 1. The molecule has 13 heteroatoms. The summed E-state index contributed by atoms with van der Waals surface area (Å²) < 4.78 is 20.0. The first-order valence-corrected chi connectivity index (χ1v) is 16.8. The molecule has 3 aromatic rings. The highest BCUT2D eigenvalue weighted by atomic mass is 79.9. The number of benzene rings is 3. The summed E-state index contributed by atoms with van der Waals surface area (Å²) in [7, 11) is 2.88. The van der Waals surface area contributed by atoms with Gasteiger partial charge in [0.05, 0.1) is 40.4 Å². The van der Waals surface area contributed by atoms with Crippen molar-refractivity contribution < 1.29 is 33.4 Å². The average Bonchev–Trinajstić information content (AvgIpc) is 3.42. The van der Waals surface area contributed by atoms with E-state index >= 15 is 4.79 Å². The number of hydrogen-bond acceptors (Lipinski definition) is 7. The van der Waals surface area contributed by atoms with Crippen LogP contribution in [0.5, 0.6) is 11.5 Å². The lowest BCUT2D eigenvalue weighted by atomic mass is 9.49. The van der Waals surface area contributed by atoms with E-state index in [1.807, 2.05) is 6.08 Å². The summed E-state index contributed by atoms with van der Waals surface area (Å²) in [6.45, 7) is 0. The Morgan fingerprint density at radius 1 is 0.979 bits per heavy atom. The molecule has 0 aromatic heterocycles. The third-order valence-corrected chi connectivity index (χ3v) is 12.6. The van der Waals surface area contributed by atoms with Crippen molar-refractivity contribution in [3.05, 3.63) is 97.2 Å². The number of rotatable bonds is 5. The zero-order chi connectivity index (χ0) is 33.5. The van der Waals surface area contributed by atoms with E-state index in [0.717, 1.165) is 15.5 Å². The van der Waals surface area contributed by atoms with E-state index < -0.39 is 52.6 Å². The molecular weight excluding hydrogens is 761 g/mol. The minimum atomic E-state index is -1.58. The highest BCUT2D eigenvalue weighted by molar-refractivity contribution is 9.13. The highest BCUT2D eigenvalue weighted by Crippen LogP contribution is 2.65. The predicted molar refractivity (Wildman–Crippen MR) is 177 cm³/mol. The Balaban J connectivity index is 1.52. The fraction of sp³-hybridized carbons (Fsp3) is 0.294. The second kappa shape index (κ2) is 11.5. The second-order valence-corrected chi connectivity index (χ2v) is 14.3. The number of hydrogen-bond donors (Lipinski definition) is 2. The van der Waals surface area contributed by atoms with Crippen LogP contribution in [0.2, 0.25) is 5.02 Å². The summed E-state index contributed by atoms with van der Waals surface area (Å²) >= 11 is 13.4. The van der Waals surface area contributed by atoms with Gasteiger partial charge in [-0.25, -0.2) is 4.39 Å². The number of ether oxygens (including phenoxy) is 1. The molecule has 0 radical (unpaired) electrons. The first kappa shape index (κ1) is 31.8. The molecule has 0 spiro atoms. The summed E-state index contributed by atoms with van der Waals surface area (Å²) in [5, 5.41) is 12.3. The highest BCUT2D eigenvalue weighted by Gasteiger charge is 2.70. The van der Waals surface area contributed by atoms with Crippen molar-refractivity contribution >= 4 is 72.8 Å². The van der Waals surface area contributed by atoms with Crippen molar-refractivity contribution in [1.29, 1.82) is 0 Å². The van der Waals surface area contributed by atoms with Crippen LogP contribution in [0.15, 0.2) is 75.2 Å². The Bertz CT molecular complexity index is 1900. The number of nitrogens with one attached hydrogen (secondary N) is 1. The summed E-state index contributed by atoms with van der Waals surface area (Å²) in [5.41, 5.74) is 3.43. The van der Waals surface area contributed by atoms with E-state index in [9.17, 15) is 23.9 Å². The van der Waals surface area contributed by atoms with Crippen LogP contribution < -0.4 is 10.2 Å². The number of phenolic OH excluding ortho intramolecular Hbond substituents is 1. The number of fused-ring (bicyclic) bond motifs is 4. The van der Waals surface area contributed by atoms with Crippen molar-refractivity contribution in [1.82, 2.24) is 9.91 Å². The summed E-state index contributed by atoms with van der Waals surface area (Å²) in [6.07, 6.45) is 2.32. The number of carbonyl (C=O) groups is 4. The first-order chi connectivity index (χ1) is 22.4. The Hall–Kier alpha value is -3.74. The third-order valence-electron chi connectivity index (χ3n) is 10.2. The minimum Gasteiger partial charge on any atom is -0.503 e. The van der Waals surface area contributed by atoms with E-state index in [-0.39, 0.29) is 40.6 Å². The van der Waals surface area contributed by atoms with Gasteiger partial charge in [-0.1, -0.05) is 35.4 Å². The summed E-state index contributed by atoms with van der Waals surface area (Å²) in [6, 6.07) is 13.7. The van der Waals surface area contributed by atoms with Gasteiger partial charge in [0.15, 0.2) is 11.5 Å². The molecule has 3 fully saturated rings. The normalized spacial score (nSPS) is 28.2. The SMILES string of the molecule is COc1cc([C@H]2C3=CC[C@@H]4C(=O)N(C)C(=O)[C@@H]4[C@@H]3C[C@H]3C(=O)N(Nc4ccc(F)cc4)C(=O)[C@@]23c2ccc(Cl)cc2)c(Br)c(Br)c1O. The number of allylic oxidation sites excluding steroid dienone is 2. The molecule has 3 aromatic carbocycles. The molecule has 2 heterocycles. The van der Waals surface area contributed by atoms with Crippen LogP contribution in [0.1, 0.15) is 29.9 Å². The average molecular weight is 788 g/mol. The molecule has 2 saturated heterocycles. The minimum absolute atomic E-state index is 0.110. The second-order valence-electron chi connectivity index (χ2n) is 12.3. The molecule has 7 rings (SSSR count). The van der Waals surface area contributed by atoms with Crippen LogP contribution in [-0.4, -0.2) is 52.8 Å². The molecular formula is C34H27Br2ClFN3O6. The Morgan fingerprint density at radius 3 is 2.32 bits per heavy atom. The fourth-order valence-corrected chi connectivity index (χ4v) is 9.22. The van der Waals surface area contributed by atoms with Gasteiger partial charge in [-0.15, -0.1) is 0 Å². The number of nitrogens with zero attached hydrogens (tertiary/aromatic N) is 2. The number of aromatic hydroxyl groups is 1. The van der Waals surface area contributed by atoms with Gasteiger partial charge in [0.1, 0.15) is 5.82 Å². The number of amides is 4. The standard InChI is InChI=1S/C34H27Br2ClFN3O6/c1-40-30(43)20-12-11-19-21(25(20)32(40)45)13-23-31(44)41(39-18-9-7-17(38)8-10-18)33(46)34(23,15-3-5-16(37)6-4-15)26(19)22-14-24(47-2)29(42)28(36)27(22)35/h3-11,14,20-21,23,25-26,39,42H,12-13H2,1-2H3/t20-,21+,23-,25-,26+,34+/m0/s1.